The van der Waals surface area contributed by atoms with Gasteiger partial charge in [-0.25, -0.2) is 0 Å². The van der Waals surface area contributed by atoms with Crippen molar-refractivity contribution in [2.24, 2.45) is 10.7 Å². The summed E-state index contributed by atoms with van der Waals surface area (Å²) in [6.07, 6.45) is 0.373. The molecule has 4 nitrogen and oxygen atoms in total. The summed E-state index contributed by atoms with van der Waals surface area (Å²) in [5.74, 6) is 0.415. The summed E-state index contributed by atoms with van der Waals surface area (Å²) in [6, 6.07) is 0.165. The normalized spacial score (nSPS) is 17.6. The van der Waals surface area contributed by atoms with Gasteiger partial charge in [-0.3, -0.25) is 4.99 Å². The lowest BCUT2D eigenvalue weighted by Crippen LogP contribution is -2.39. The second-order valence-electron chi connectivity index (χ2n) is 2.74. The van der Waals surface area contributed by atoms with Crippen LogP contribution in [0.25, 0.3) is 0 Å². The van der Waals surface area contributed by atoms with Crippen molar-refractivity contribution >= 4 is 5.96 Å². The molecule has 0 amide bonds. The van der Waals surface area contributed by atoms with Crippen molar-refractivity contribution in [1.82, 2.24) is 5.32 Å². The van der Waals surface area contributed by atoms with Crippen molar-refractivity contribution in [2.75, 3.05) is 7.05 Å². The quantitative estimate of drug-likeness (QED) is 0.390. The zero-order valence-electron chi connectivity index (χ0n) is 7.33. The molecule has 0 radical (unpaired) electrons. The molecule has 0 heterocycles. The molecule has 0 aromatic carbocycles. The van der Waals surface area contributed by atoms with E-state index >= 15 is 0 Å². The fourth-order valence-corrected chi connectivity index (χ4v) is 0.888. The Morgan fingerprint density at radius 2 is 2.18 bits per heavy atom. The van der Waals surface area contributed by atoms with Crippen LogP contribution in [0.5, 0.6) is 0 Å². The zero-order chi connectivity index (χ0) is 8.85. The molecule has 2 unspecified atom stereocenters. The van der Waals surface area contributed by atoms with Crippen LogP contribution in [0.1, 0.15) is 20.3 Å². The van der Waals surface area contributed by atoms with Crippen LogP contribution in [0.2, 0.25) is 0 Å². The maximum atomic E-state index is 8.99. The van der Waals surface area contributed by atoms with Gasteiger partial charge in [0.15, 0.2) is 5.96 Å². The Bertz CT molecular complexity index is 134. The number of rotatable bonds is 3. The van der Waals surface area contributed by atoms with E-state index in [0.29, 0.717) is 12.4 Å². The van der Waals surface area contributed by atoms with Gasteiger partial charge >= 0.3 is 0 Å². The lowest BCUT2D eigenvalue weighted by atomic mass is 10.2. The molecule has 4 heteroatoms. The van der Waals surface area contributed by atoms with Gasteiger partial charge < -0.3 is 16.2 Å². The largest absolute Gasteiger partial charge is 0.393 e. The van der Waals surface area contributed by atoms with Crippen LogP contribution < -0.4 is 11.1 Å². The van der Waals surface area contributed by atoms with Gasteiger partial charge in [0.2, 0.25) is 0 Å². The number of guanidine groups is 1. The minimum Gasteiger partial charge on any atom is -0.393 e. The first kappa shape index (κ1) is 10.2. The molecule has 66 valence electrons. The van der Waals surface area contributed by atoms with E-state index in [2.05, 4.69) is 10.3 Å². The number of nitrogens with two attached hydrogens (primary N) is 1. The van der Waals surface area contributed by atoms with Gasteiger partial charge in [0, 0.05) is 13.1 Å². The third kappa shape index (κ3) is 5.66. The molecule has 0 saturated carbocycles. The molecule has 0 bridgehead atoms. The molecule has 0 aliphatic rings. The number of aliphatic imine (C=N–C) groups is 1. The second kappa shape index (κ2) is 4.96. The van der Waals surface area contributed by atoms with E-state index in [1.54, 1.807) is 14.0 Å². The Labute approximate surface area is 67.5 Å². The molecular formula is C7H17N3O. The Hall–Kier alpha value is -0.770. The first-order valence-electron chi connectivity index (χ1n) is 3.73. The van der Waals surface area contributed by atoms with E-state index in [-0.39, 0.29) is 12.1 Å². The smallest absolute Gasteiger partial charge is 0.188 e. The number of nitrogens with zero attached hydrogens (tertiary/aromatic N) is 1. The lowest BCUT2D eigenvalue weighted by molar-refractivity contribution is 0.174. The summed E-state index contributed by atoms with van der Waals surface area (Å²) in [6.45, 7) is 3.70. The van der Waals surface area contributed by atoms with Crippen LogP contribution in [0.15, 0.2) is 4.99 Å². The third-order valence-electron chi connectivity index (χ3n) is 1.33. The van der Waals surface area contributed by atoms with Crippen LogP contribution in [-0.4, -0.2) is 30.3 Å². The van der Waals surface area contributed by atoms with Gasteiger partial charge in [-0.2, -0.15) is 0 Å². The highest BCUT2D eigenvalue weighted by Gasteiger charge is 2.05. The standard InChI is InChI=1S/C7H17N3O/c1-5(4-6(2)11)10-7(8)9-3/h5-6,11H,4H2,1-3H3,(H3,8,9,10). The van der Waals surface area contributed by atoms with Crippen molar-refractivity contribution in [3.05, 3.63) is 0 Å². The van der Waals surface area contributed by atoms with Crippen molar-refractivity contribution in [3.63, 3.8) is 0 Å². The van der Waals surface area contributed by atoms with Crippen molar-refractivity contribution in [2.45, 2.75) is 32.4 Å². The van der Waals surface area contributed by atoms with Crippen LogP contribution in [0.3, 0.4) is 0 Å². The topological polar surface area (TPSA) is 70.6 Å². The third-order valence-corrected chi connectivity index (χ3v) is 1.33. The Balaban J connectivity index is 3.60. The predicted octanol–water partition coefficient (Wildman–Crippen LogP) is -0.320. The van der Waals surface area contributed by atoms with E-state index in [0.717, 1.165) is 0 Å². The maximum absolute atomic E-state index is 8.99. The average molecular weight is 159 g/mol. The molecule has 4 N–H and O–H groups in total. The number of aliphatic hydroxyl groups excluding tert-OH is 1. The molecule has 0 aliphatic heterocycles. The minimum absolute atomic E-state index is 0.165. The molecule has 0 spiro atoms. The number of nitrogens with one attached hydrogen (secondary N) is 1. The van der Waals surface area contributed by atoms with Crippen LogP contribution in [0, 0.1) is 0 Å². The summed E-state index contributed by atoms with van der Waals surface area (Å²) in [7, 11) is 1.62. The molecule has 0 aromatic heterocycles. The van der Waals surface area contributed by atoms with Crippen molar-refractivity contribution in [3.8, 4) is 0 Å². The van der Waals surface area contributed by atoms with Crippen LogP contribution in [-0.2, 0) is 0 Å². The summed E-state index contributed by atoms with van der Waals surface area (Å²) >= 11 is 0. The highest BCUT2D eigenvalue weighted by Crippen LogP contribution is 1.95. The van der Waals surface area contributed by atoms with E-state index in [9.17, 15) is 0 Å². The average Bonchev–Trinajstić information content (AvgIpc) is 1.85. The fourth-order valence-electron chi connectivity index (χ4n) is 0.888. The first-order valence-corrected chi connectivity index (χ1v) is 3.73. The second-order valence-corrected chi connectivity index (χ2v) is 2.74. The van der Waals surface area contributed by atoms with Gasteiger partial charge in [0.1, 0.15) is 0 Å². The van der Waals surface area contributed by atoms with Crippen LogP contribution in [0.4, 0.5) is 0 Å². The summed E-state index contributed by atoms with van der Waals surface area (Å²) in [4.78, 5) is 3.74. The van der Waals surface area contributed by atoms with Gasteiger partial charge in [0.05, 0.1) is 6.10 Å². The zero-order valence-corrected chi connectivity index (χ0v) is 7.33. The minimum atomic E-state index is -0.304. The number of hydrogen-bond acceptors (Lipinski definition) is 2. The van der Waals surface area contributed by atoms with Crippen LogP contribution >= 0.6 is 0 Å². The predicted molar refractivity (Wildman–Crippen MR) is 46.4 cm³/mol. The van der Waals surface area contributed by atoms with Crippen molar-refractivity contribution < 1.29 is 5.11 Å². The highest BCUT2D eigenvalue weighted by atomic mass is 16.3. The molecule has 2 atom stereocenters. The lowest BCUT2D eigenvalue weighted by Gasteiger charge is -2.15. The molecule has 0 aliphatic carbocycles. The van der Waals surface area contributed by atoms with E-state index in [1.165, 1.54) is 0 Å². The molecule has 0 saturated heterocycles. The van der Waals surface area contributed by atoms with E-state index < -0.39 is 0 Å². The summed E-state index contributed by atoms with van der Waals surface area (Å²) in [5, 5.41) is 11.9. The monoisotopic (exact) mass is 159 g/mol. The fraction of sp³-hybridized carbons (Fsp3) is 0.857. The summed E-state index contributed by atoms with van der Waals surface area (Å²) < 4.78 is 0. The SMILES string of the molecule is CN=C(N)NC(C)CC(C)O. The molecule has 11 heavy (non-hydrogen) atoms. The van der Waals surface area contributed by atoms with E-state index in [4.69, 9.17) is 10.8 Å². The van der Waals surface area contributed by atoms with Gasteiger partial charge in [-0.1, -0.05) is 0 Å². The highest BCUT2D eigenvalue weighted by molar-refractivity contribution is 5.77. The van der Waals surface area contributed by atoms with Gasteiger partial charge in [-0.05, 0) is 20.3 Å². The summed E-state index contributed by atoms with van der Waals surface area (Å²) in [5.41, 5.74) is 5.41. The van der Waals surface area contributed by atoms with Gasteiger partial charge in [-0.15, -0.1) is 0 Å². The Kier molecular flexibility index (Phi) is 4.61. The molecule has 0 rings (SSSR count). The number of aliphatic hydroxyl groups is 1. The van der Waals surface area contributed by atoms with Crippen molar-refractivity contribution in [1.29, 1.82) is 0 Å². The molecular weight excluding hydrogens is 142 g/mol. The Morgan fingerprint density at radius 3 is 2.55 bits per heavy atom. The Morgan fingerprint density at radius 1 is 1.64 bits per heavy atom. The van der Waals surface area contributed by atoms with E-state index in [1.807, 2.05) is 6.92 Å². The molecule has 0 aromatic rings. The van der Waals surface area contributed by atoms with Gasteiger partial charge in [0.25, 0.3) is 0 Å². The number of hydrogen-bond donors (Lipinski definition) is 3. The first-order chi connectivity index (χ1) is 5.06. The molecule has 0 fully saturated rings. The maximum Gasteiger partial charge on any atom is 0.188 e.